The molecule has 1 N–H and O–H groups in total. The minimum atomic E-state index is -1.05. The summed E-state index contributed by atoms with van der Waals surface area (Å²) in [6.45, 7) is 3.70. The third kappa shape index (κ3) is 2.12. The monoisotopic (exact) mass is 262 g/mol. The van der Waals surface area contributed by atoms with Gasteiger partial charge in [-0.3, -0.25) is 4.90 Å². The minimum Gasteiger partial charge on any atom is -0.476 e. The van der Waals surface area contributed by atoms with Gasteiger partial charge in [-0.1, -0.05) is 5.21 Å². The lowest BCUT2D eigenvalue weighted by molar-refractivity contribution is 0.0496. The molecule has 0 aliphatic carbocycles. The van der Waals surface area contributed by atoms with Crippen molar-refractivity contribution in [2.24, 2.45) is 0 Å². The van der Waals surface area contributed by atoms with Crippen molar-refractivity contribution in [1.82, 2.24) is 19.9 Å². The molecule has 3 heterocycles. The molecule has 7 nitrogen and oxygen atoms in total. The van der Waals surface area contributed by atoms with Gasteiger partial charge in [0.25, 0.3) is 0 Å². The van der Waals surface area contributed by atoms with Gasteiger partial charge in [-0.25, -0.2) is 9.48 Å². The van der Waals surface area contributed by atoms with Gasteiger partial charge in [-0.15, -0.1) is 5.10 Å². The summed E-state index contributed by atoms with van der Waals surface area (Å²) >= 11 is 0. The molecular formula is C12H14N4O3. The lowest BCUT2D eigenvalue weighted by atomic mass is 10.1. The first-order valence-electron chi connectivity index (χ1n) is 6.07. The summed E-state index contributed by atoms with van der Waals surface area (Å²) in [4.78, 5) is 13.0. The molecule has 7 heteroatoms. The summed E-state index contributed by atoms with van der Waals surface area (Å²) < 4.78 is 6.99. The Morgan fingerprint density at radius 3 is 2.95 bits per heavy atom. The van der Waals surface area contributed by atoms with E-state index in [9.17, 15) is 4.79 Å². The number of furan rings is 1. The maximum atomic E-state index is 10.7. The Bertz CT molecular complexity index is 572. The van der Waals surface area contributed by atoms with E-state index in [1.165, 1.54) is 6.20 Å². The zero-order valence-electron chi connectivity index (χ0n) is 10.4. The Labute approximate surface area is 109 Å². The number of carbonyl (C=O) groups is 1. The predicted octanol–water partition coefficient (Wildman–Crippen LogP) is 1.19. The van der Waals surface area contributed by atoms with Crippen LogP contribution >= 0.6 is 0 Å². The van der Waals surface area contributed by atoms with E-state index >= 15 is 0 Å². The summed E-state index contributed by atoms with van der Waals surface area (Å²) in [6, 6.07) is 4.22. The molecule has 1 aliphatic heterocycles. The number of hydrogen-bond acceptors (Lipinski definition) is 5. The van der Waals surface area contributed by atoms with Gasteiger partial charge in [-0.2, -0.15) is 0 Å². The second kappa shape index (κ2) is 4.51. The van der Waals surface area contributed by atoms with E-state index in [0.29, 0.717) is 0 Å². The van der Waals surface area contributed by atoms with Gasteiger partial charge in [-0.05, 0) is 19.1 Å². The Hall–Kier alpha value is -2.15. The highest BCUT2D eigenvalue weighted by Gasteiger charge is 2.34. The SMILES string of the molecule is CC(c1ccco1)N1CC(n2cc(C(=O)O)nn2)C1. The van der Waals surface area contributed by atoms with Gasteiger partial charge in [0, 0.05) is 13.1 Å². The molecule has 0 aromatic carbocycles. The molecule has 1 fully saturated rings. The summed E-state index contributed by atoms with van der Waals surface area (Å²) in [5, 5.41) is 16.3. The van der Waals surface area contributed by atoms with Crippen LogP contribution in [-0.4, -0.2) is 44.1 Å². The highest BCUT2D eigenvalue weighted by molar-refractivity contribution is 5.84. The van der Waals surface area contributed by atoms with Gasteiger partial charge in [0.05, 0.1) is 24.5 Å². The Morgan fingerprint density at radius 2 is 2.37 bits per heavy atom. The lowest BCUT2D eigenvalue weighted by Crippen LogP contribution is -2.48. The average Bonchev–Trinajstić information content (AvgIpc) is 2.98. The molecule has 2 aromatic rings. The van der Waals surface area contributed by atoms with Crippen molar-refractivity contribution in [3.8, 4) is 0 Å². The van der Waals surface area contributed by atoms with Crippen LogP contribution in [0.1, 0.15) is 35.3 Å². The molecule has 0 spiro atoms. The molecule has 2 aromatic heterocycles. The van der Waals surface area contributed by atoms with E-state index in [4.69, 9.17) is 9.52 Å². The standard InChI is InChI=1S/C12H14N4O3/c1-8(11-3-2-4-19-11)15-5-9(6-15)16-7-10(12(17)18)13-14-16/h2-4,7-9H,5-6H2,1H3,(H,17,18). The maximum absolute atomic E-state index is 10.7. The van der Waals surface area contributed by atoms with Crippen molar-refractivity contribution in [3.05, 3.63) is 36.0 Å². The number of aromatic nitrogens is 3. The third-order valence-corrected chi connectivity index (χ3v) is 3.50. The smallest absolute Gasteiger partial charge is 0.358 e. The van der Waals surface area contributed by atoms with Crippen LogP contribution < -0.4 is 0 Å². The normalized spacial score (nSPS) is 18.2. The zero-order chi connectivity index (χ0) is 13.4. The minimum absolute atomic E-state index is 0.0162. The molecule has 0 amide bonds. The summed E-state index contributed by atoms with van der Waals surface area (Å²) in [5.41, 5.74) is -0.0162. The van der Waals surface area contributed by atoms with Crippen molar-refractivity contribution in [3.63, 3.8) is 0 Å². The number of hydrogen-bond donors (Lipinski definition) is 1. The van der Waals surface area contributed by atoms with Crippen LogP contribution in [0.5, 0.6) is 0 Å². The zero-order valence-corrected chi connectivity index (χ0v) is 10.4. The first-order valence-corrected chi connectivity index (χ1v) is 6.07. The number of carboxylic acids is 1. The van der Waals surface area contributed by atoms with Crippen molar-refractivity contribution < 1.29 is 14.3 Å². The third-order valence-electron chi connectivity index (χ3n) is 3.50. The van der Waals surface area contributed by atoms with Crippen molar-refractivity contribution in [1.29, 1.82) is 0 Å². The fraction of sp³-hybridized carbons (Fsp3) is 0.417. The fourth-order valence-corrected chi connectivity index (χ4v) is 2.23. The lowest BCUT2D eigenvalue weighted by Gasteiger charge is -2.42. The van der Waals surface area contributed by atoms with Gasteiger partial charge >= 0.3 is 5.97 Å². The summed E-state index contributed by atoms with van der Waals surface area (Å²) in [6.07, 6.45) is 3.14. The molecule has 1 saturated heterocycles. The van der Waals surface area contributed by atoms with Crippen LogP contribution in [0.2, 0.25) is 0 Å². The van der Waals surface area contributed by atoms with Crippen LogP contribution in [0.25, 0.3) is 0 Å². The molecular weight excluding hydrogens is 248 g/mol. The van der Waals surface area contributed by atoms with Crippen LogP contribution in [0, 0.1) is 0 Å². The van der Waals surface area contributed by atoms with E-state index in [1.807, 2.05) is 12.1 Å². The number of likely N-dealkylation sites (tertiary alicyclic amines) is 1. The largest absolute Gasteiger partial charge is 0.476 e. The number of aromatic carboxylic acids is 1. The summed E-state index contributed by atoms with van der Waals surface area (Å²) in [7, 11) is 0. The predicted molar refractivity (Wildman–Crippen MR) is 64.7 cm³/mol. The van der Waals surface area contributed by atoms with Crippen LogP contribution in [0.15, 0.2) is 29.0 Å². The number of carboxylic acid groups (broad SMARTS) is 1. The molecule has 1 unspecified atom stereocenters. The summed E-state index contributed by atoms with van der Waals surface area (Å²) in [5.74, 6) is -0.116. The molecule has 1 aliphatic rings. The number of nitrogens with zero attached hydrogens (tertiary/aromatic N) is 4. The van der Waals surface area contributed by atoms with E-state index < -0.39 is 5.97 Å². The van der Waals surface area contributed by atoms with Crippen molar-refractivity contribution >= 4 is 5.97 Å². The Kier molecular flexibility index (Phi) is 2.83. The molecule has 3 rings (SSSR count). The number of rotatable bonds is 4. The van der Waals surface area contributed by atoms with Gasteiger partial charge in [0.15, 0.2) is 5.69 Å². The molecule has 19 heavy (non-hydrogen) atoms. The maximum Gasteiger partial charge on any atom is 0.358 e. The van der Waals surface area contributed by atoms with Crippen LogP contribution in [0.4, 0.5) is 0 Å². The van der Waals surface area contributed by atoms with E-state index in [1.54, 1.807) is 10.9 Å². The Morgan fingerprint density at radius 1 is 1.58 bits per heavy atom. The first-order chi connectivity index (χ1) is 9.15. The second-order valence-electron chi connectivity index (χ2n) is 4.69. The second-order valence-corrected chi connectivity index (χ2v) is 4.69. The van der Waals surface area contributed by atoms with Gasteiger partial charge < -0.3 is 9.52 Å². The molecule has 0 saturated carbocycles. The van der Waals surface area contributed by atoms with Crippen LogP contribution in [0.3, 0.4) is 0 Å². The molecule has 0 bridgehead atoms. The van der Waals surface area contributed by atoms with E-state index in [2.05, 4.69) is 22.1 Å². The Balaban J connectivity index is 1.61. The van der Waals surface area contributed by atoms with E-state index in [0.717, 1.165) is 18.8 Å². The molecule has 100 valence electrons. The quantitative estimate of drug-likeness (QED) is 0.890. The highest BCUT2D eigenvalue weighted by atomic mass is 16.4. The molecule has 0 radical (unpaired) electrons. The average molecular weight is 262 g/mol. The highest BCUT2D eigenvalue weighted by Crippen LogP contribution is 2.30. The van der Waals surface area contributed by atoms with Crippen molar-refractivity contribution in [2.45, 2.75) is 19.0 Å². The van der Waals surface area contributed by atoms with Gasteiger partial charge in [0.1, 0.15) is 5.76 Å². The van der Waals surface area contributed by atoms with E-state index in [-0.39, 0.29) is 17.8 Å². The first kappa shape index (κ1) is 11.9. The fourth-order valence-electron chi connectivity index (χ4n) is 2.23. The topological polar surface area (TPSA) is 84.4 Å². The van der Waals surface area contributed by atoms with Crippen molar-refractivity contribution in [2.75, 3.05) is 13.1 Å². The molecule has 1 atom stereocenters. The van der Waals surface area contributed by atoms with Crippen LogP contribution in [-0.2, 0) is 0 Å². The van der Waals surface area contributed by atoms with Gasteiger partial charge in [0.2, 0.25) is 0 Å².